The van der Waals surface area contributed by atoms with E-state index in [1.165, 1.54) is 70.9 Å². The second-order valence-corrected chi connectivity index (χ2v) is 6.39. The second-order valence-electron chi connectivity index (χ2n) is 6.39. The molecule has 0 spiro atoms. The van der Waals surface area contributed by atoms with Crippen LogP contribution >= 0.6 is 0 Å². The monoisotopic (exact) mass is 237 g/mol. The first-order valence-electron chi connectivity index (χ1n) is 8.11. The molecule has 0 radical (unpaired) electrons. The summed E-state index contributed by atoms with van der Waals surface area (Å²) in [5, 5.41) is 3.64. The van der Waals surface area contributed by atoms with E-state index in [1.807, 2.05) is 0 Å². The lowest BCUT2D eigenvalue weighted by Gasteiger charge is -2.28. The van der Waals surface area contributed by atoms with E-state index in [9.17, 15) is 0 Å². The van der Waals surface area contributed by atoms with Crippen molar-refractivity contribution < 1.29 is 0 Å². The third-order valence-electron chi connectivity index (χ3n) is 5.01. The lowest BCUT2D eigenvalue weighted by atomic mass is 9.79. The van der Waals surface area contributed by atoms with Gasteiger partial charge in [0.2, 0.25) is 0 Å². The van der Waals surface area contributed by atoms with Crippen LogP contribution in [-0.2, 0) is 0 Å². The van der Waals surface area contributed by atoms with Gasteiger partial charge in [-0.1, -0.05) is 51.9 Å². The number of nitrogens with one attached hydrogen (secondary N) is 1. The largest absolute Gasteiger partial charge is 0.316 e. The molecule has 1 nitrogen and oxygen atoms in total. The number of hydrogen-bond acceptors (Lipinski definition) is 1. The van der Waals surface area contributed by atoms with Crippen LogP contribution < -0.4 is 5.32 Å². The molecule has 0 aliphatic heterocycles. The van der Waals surface area contributed by atoms with Crippen LogP contribution in [-0.4, -0.2) is 13.1 Å². The van der Waals surface area contributed by atoms with Gasteiger partial charge in [-0.15, -0.1) is 0 Å². The van der Waals surface area contributed by atoms with Gasteiger partial charge in [0.25, 0.3) is 0 Å². The van der Waals surface area contributed by atoms with Crippen molar-refractivity contribution in [3.05, 3.63) is 0 Å². The third kappa shape index (κ3) is 4.28. The van der Waals surface area contributed by atoms with Gasteiger partial charge in [-0.2, -0.15) is 0 Å². The van der Waals surface area contributed by atoms with Gasteiger partial charge < -0.3 is 5.32 Å². The van der Waals surface area contributed by atoms with Crippen molar-refractivity contribution >= 4 is 0 Å². The molecule has 2 aliphatic rings. The van der Waals surface area contributed by atoms with Crippen LogP contribution in [0.15, 0.2) is 0 Å². The third-order valence-corrected chi connectivity index (χ3v) is 5.01. The zero-order valence-electron chi connectivity index (χ0n) is 11.7. The second kappa shape index (κ2) is 7.41. The highest BCUT2D eigenvalue weighted by Crippen LogP contribution is 2.39. The molecule has 2 saturated carbocycles. The van der Waals surface area contributed by atoms with Crippen LogP contribution in [0, 0.1) is 17.8 Å². The molecule has 0 amide bonds. The van der Waals surface area contributed by atoms with Crippen molar-refractivity contribution in [2.45, 2.75) is 71.1 Å². The van der Waals surface area contributed by atoms with Gasteiger partial charge >= 0.3 is 0 Å². The average Bonchev–Trinajstić information content (AvgIpc) is 2.79. The summed E-state index contributed by atoms with van der Waals surface area (Å²) in [6.45, 7) is 4.78. The molecule has 0 heterocycles. The number of rotatable bonds is 6. The van der Waals surface area contributed by atoms with E-state index in [2.05, 4.69) is 12.2 Å². The Kier molecular flexibility index (Phi) is 5.84. The van der Waals surface area contributed by atoms with Crippen LogP contribution in [0.1, 0.15) is 71.1 Å². The topological polar surface area (TPSA) is 12.0 Å². The van der Waals surface area contributed by atoms with E-state index in [1.54, 1.807) is 6.42 Å². The van der Waals surface area contributed by atoms with Crippen molar-refractivity contribution in [3.8, 4) is 0 Å². The van der Waals surface area contributed by atoms with E-state index in [4.69, 9.17) is 0 Å². The summed E-state index contributed by atoms with van der Waals surface area (Å²) in [6, 6.07) is 0. The van der Waals surface area contributed by atoms with Gasteiger partial charge in [0, 0.05) is 0 Å². The minimum Gasteiger partial charge on any atom is -0.316 e. The first-order valence-corrected chi connectivity index (χ1v) is 8.11. The number of hydrogen-bond donors (Lipinski definition) is 1. The molecule has 2 aliphatic carbocycles. The SMILES string of the molecule is CCCNCC1CCCC1CC1CCCCC1. The van der Waals surface area contributed by atoms with E-state index in [0.29, 0.717) is 0 Å². The highest BCUT2D eigenvalue weighted by molar-refractivity contribution is 4.82. The molecule has 0 bridgehead atoms. The molecule has 1 N–H and O–H groups in total. The molecule has 0 aromatic heterocycles. The zero-order valence-corrected chi connectivity index (χ0v) is 11.7. The summed E-state index contributed by atoms with van der Waals surface area (Å²) in [5.74, 6) is 3.14. The Balaban J connectivity index is 1.70. The highest BCUT2D eigenvalue weighted by atomic mass is 14.9. The van der Waals surface area contributed by atoms with Crippen molar-refractivity contribution in [3.63, 3.8) is 0 Å². The van der Waals surface area contributed by atoms with Gasteiger partial charge in [0.1, 0.15) is 0 Å². The summed E-state index contributed by atoms with van der Waals surface area (Å²) >= 11 is 0. The molecule has 0 aromatic carbocycles. The predicted molar refractivity (Wildman–Crippen MR) is 75.2 cm³/mol. The molecule has 2 atom stereocenters. The molecular formula is C16H31N. The maximum Gasteiger partial charge on any atom is -0.00179 e. The van der Waals surface area contributed by atoms with Crippen LogP contribution in [0.3, 0.4) is 0 Å². The Bertz CT molecular complexity index is 196. The molecule has 2 rings (SSSR count). The van der Waals surface area contributed by atoms with Gasteiger partial charge in [-0.3, -0.25) is 0 Å². The normalized spacial score (nSPS) is 30.9. The molecule has 0 saturated heterocycles. The average molecular weight is 237 g/mol. The summed E-state index contributed by atoms with van der Waals surface area (Å²) in [5.41, 5.74) is 0. The van der Waals surface area contributed by atoms with E-state index < -0.39 is 0 Å². The first-order chi connectivity index (χ1) is 8.40. The Morgan fingerprint density at radius 3 is 2.41 bits per heavy atom. The minimum atomic E-state index is 1.00. The Morgan fingerprint density at radius 2 is 1.65 bits per heavy atom. The molecule has 2 unspecified atom stereocenters. The van der Waals surface area contributed by atoms with Gasteiger partial charge in [0.15, 0.2) is 0 Å². The molecule has 0 aromatic rings. The Morgan fingerprint density at radius 1 is 0.882 bits per heavy atom. The molecule has 17 heavy (non-hydrogen) atoms. The van der Waals surface area contributed by atoms with Crippen molar-refractivity contribution in [2.75, 3.05) is 13.1 Å². The van der Waals surface area contributed by atoms with E-state index in [-0.39, 0.29) is 0 Å². The Labute approximate surface area is 108 Å². The van der Waals surface area contributed by atoms with Crippen LogP contribution in [0.2, 0.25) is 0 Å². The lowest BCUT2D eigenvalue weighted by Crippen LogP contribution is -2.27. The molecule has 100 valence electrons. The molecule has 2 fully saturated rings. The Hall–Kier alpha value is -0.0400. The fourth-order valence-corrected chi connectivity index (χ4v) is 4.01. The fourth-order valence-electron chi connectivity index (χ4n) is 4.01. The quantitative estimate of drug-likeness (QED) is 0.676. The molecular weight excluding hydrogens is 206 g/mol. The van der Waals surface area contributed by atoms with Crippen molar-refractivity contribution in [1.29, 1.82) is 0 Å². The van der Waals surface area contributed by atoms with Crippen LogP contribution in [0.4, 0.5) is 0 Å². The highest BCUT2D eigenvalue weighted by Gasteiger charge is 2.29. The maximum absolute atomic E-state index is 3.64. The van der Waals surface area contributed by atoms with Crippen molar-refractivity contribution in [2.24, 2.45) is 17.8 Å². The summed E-state index contributed by atoms with van der Waals surface area (Å²) in [4.78, 5) is 0. The van der Waals surface area contributed by atoms with Crippen molar-refractivity contribution in [1.82, 2.24) is 5.32 Å². The summed E-state index contributed by atoms with van der Waals surface area (Å²) < 4.78 is 0. The van der Waals surface area contributed by atoms with Crippen LogP contribution in [0.25, 0.3) is 0 Å². The van der Waals surface area contributed by atoms with Gasteiger partial charge in [-0.05, 0) is 50.1 Å². The zero-order chi connectivity index (χ0) is 11.9. The van der Waals surface area contributed by atoms with E-state index >= 15 is 0 Å². The fraction of sp³-hybridized carbons (Fsp3) is 1.00. The smallest absolute Gasteiger partial charge is 0.00179 e. The van der Waals surface area contributed by atoms with Crippen LogP contribution in [0.5, 0.6) is 0 Å². The standard InChI is InChI=1S/C16H31N/c1-2-11-17-13-16-10-6-9-15(16)12-14-7-4-3-5-8-14/h14-17H,2-13H2,1H3. The predicted octanol–water partition coefficient (Wildman–Crippen LogP) is 4.37. The lowest BCUT2D eigenvalue weighted by molar-refractivity contribution is 0.248. The first kappa shape index (κ1) is 13.4. The van der Waals surface area contributed by atoms with E-state index in [0.717, 1.165) is 17.8 Å². The summed E-state index contributed by atoms with van der Waals surface area (Å²) in [6.07, 6.45) is 14.9. The van der Waals surface area contributed by atoms with Gasteiger partial charge in [-0.25, -0.2) is 0 Å². The minimum absolute atomic E-state index is 1.00. The maximum atomic E-state index is 3.64. The van der Waals surface area contributed by atoms with Gasteiger partial charge in [0.05, 0.1) is 0 Å². The molecule has 1 heteroatoms. The summed E-state index contributed by atoms with van der Waals surface area (Å²) in [7, 11) is 0.